The van der Waals surface area contributed by atoms with Crippen LogP contribution in [0.1, 0.15) is 55.2 Å². The maximum atomic E-state index is 13.1. The zero-order chi connectivity index (χ0) is 20.2. The number of aryl methyl sites for hydroxylation is 1. The summed E-state index contributed by atoms with van der Waals surface area (Å²) in [5, 5.41) is 20.9. The van der Waals surface area contributed by atoms with Crippen LogP contribution in [-0.2, 0) is 13.0 Å². The predicted octanol–water partition coefficient (Wildman–Crippen LogP) is 4.59. The van der Waals surface area contributed by atoms with Crippen molar-refractivity contribution < 1.29 is 19.3 Å². The fourth-order valence-electron chi connectivity index (χ4n) is 6.38. The molecule has 2 saturated carbocycles. The molecule has 0 spiro atoms. The van der Waals surface area contributed by atoms with Crippen molar-refractivity contribution in [3.63, 3.8) is 0 Å². The monoisotopic (exact) mass is 396 g/mol. The smallest absolute Gasteiger partial charge is 0.123 e. The molecule has 0 heterocycles. The van der Waals surface area contributed by atoms with E-state index in [0.29, 0.717) is 24.4 Å². The van der Waals surface area contributed by atoms with Gasteiger partial charge in [-0.3, -0.25) is 0 Å². The van der Waals surface area contributed by atoms with Crippen molar-refractivity contribution in [2.45, 2.75) is 63.8 Å². The zero-order valence-corrected chi connectivity index (χ0v) is 16.9. The largest absolute Gasteiger partial charge is 0.489 e. The molecule has 6 atom stereocenters. The summed E-state index contributed by atoms with van der Waals surface area (Å²) in [7, 11) is 0. The lowest BCUT2D eigenvalue weighted by Gasteiger charge is -2.49. The molecule has 154 valence electrons. The highest BCUT2D eigenvalue weighted by Gasteiger charge is 2.57. The molecule has 0 bridgehead atoms. The second kappa shape index (κ2) is 7.10. The number of aliphatic hydroxyl groups is 2. The molecule has 29 heavy (non-hydrogen) atoms. The van der Waals surface area contributed by atoms with E-state index >= 15 is 0 Å². The molecule has 3 aliphatic rings. The minimum absolute atomic E-state index is 0.143. The Bertz CT molecular complexity index is 895. The summed E-state index contributed by atoms with van der Waals surface area (Å²) >= 11 is 0. The second-order valence-corrected chi connectivity index (χ2v) is 9.48. The normalized spacial score (nSPS) is 35.5. The first-order valence-corrected chi connectivity index (χ1v) is 10.8. The van der Waals surface area contributed by atoms with E-state index in [1.165, 1.54) is 23.3 Å². The lowest BCUT2D eigenvalue weighted by molar-refractivity contribution is -0.0505. The molecule has 0 amide bonds. The number of hydrogen-bond donors (Lipinski definition) is 2. The molecule has 4 heteroatoms. The van der Waals surface area contributed by atoms with Gasteiger partial charge in [0.05, 0.1) is 12.2 Å². The number of aliphatic hydroxyl groups excluding tert-OH is 2. The Hall–Kier alpha value is -1.91. The number of halogens is 1. The molecular formula is C25H29FO3. The number of rotatable bonds is 3. The van der Waals surface area contributed by atoms with Crippen LogP contribution < -0.4 is 4.74 Å². The third kappa shape index (κ3) is 3.17. The molecule has 2 fully saturated rings. The minimum atomic E-state index is -0.586. The van der Waals surface area contributed by atoms with Gasteiger partial charge in [-0.1, -0.05) is 25.1 Å². The van der Waals surface area contributed by atoms with Crippen LogP contribution in [0.4, 0.5) is 4.39 Å². The van der Waals surface area contributed by atoms with Gasteiger partial charge in [0.25, 0.3) is 0 Å². The highest BCUT2D eigenvalue weighted by atomic mass is 19.1. The van der Waals surface area contributed by atoms with Crippen LogP contribution >= 0.6 is 0 Å². The summed E-state index contributed by atoms with van der Waals surface area (Å²) in [5.74, 6) is 2.08. The van der Waals surface area contributed by atoms with Crippen LogP contribution in [0, 0.1) is 23.1 Å². The Kier molecular flexibility index (Phi) is 4.67. The van der Waals surface area contributed by atoms with E-state index in [0.717, 1.165) is 43.4 Å². The Morgan fingerprint density at radius 1 is 1.10 bits per heavy atom. The summed E-state index contributed by atoms with van der Waals surface area (Å²) in [6, 6.07) is 12.9. The zero-order valence-electron chi connectivity index (χ0n) is 16.9. The van der Waals surface area contributed by atoms with Crippen molar-refractivity contribution in [2.75, 3.05) is 0 Å². The summed E-state index contributed by atoms with van der Waals surface area (Å²) < 4.78 is 19.0. The Morgan fingerprint density at radius 2 is 1.90 bits per heavy atom. The van der Waals surface area contributed by atoms with E-state index in [1.54, 1.807) is 12.1 Å². The van der Waals surface area contributed by atoms with E-state index in [2.05, 4.69) is 25.1 Å². The van der Waals surface area contributed by atoms with Gasteiger partial charge >= 0.3 is 0 Å². The summed E-state index contributed by atoms with van der Waals surface area (Å²) in [6.45, 7) is 2.61. The molecule has 0 unspecified atom stereocenters. The van der Waals surface area contributed by atoms with Crippen molar-refractivity contribution >= 4 is 0 Å². The van der Waals surface area contributed by atoms with E-state index in [-0.39, 0.29) is 11.2 Å². The fourth-order valence-corrected chi connectivity index (χ4v) is 6.38. The third-order valence-corrected chi connectivity index (χ3v) is 7.99. The van der Waals surface area contributed by atoms with Crippen LogP contribution in [0.2, 0.25) is 0 Å². The van der Waals surface area contributed by atoms with Crippen LogP contribution in [0.25, 0.3) is 0 Å². The van der Waals surface area contributed by atoms with Gasteiger partial charge in [-0.25, -0.2) is 4.39 Å². The van der Waals surface area contributed by atoms with E-state index in [1.807, 2.05) is 0 Å². The van der Waals surface area contributed by atoms with E-state index in [4.69, 9.17) is 4.74 Å². The molecule has 3 nitrogen and oxygen atoms in total. The van der Waals surface area contributed by atoms with E-state index in [9.17, 15) is 14.6 Å². The van der Waals surface area contributed by atoms with Crippen molar-refractivity contribution in [3.8, 4) is 5.75 Å². The van der Waals surface area contributed by atoms with Gasteiger partial charge in [-0.15, -0.1) is 0 Å². The van der Waals surface area contributed by atoms with E-state index < -0.39 is 12.2 Å². The molecule has 0 aliphatic heterocycles. The van der Waals surface area contributed by atoms with Gasteiger partial charge in [-0.2, -0.15) is 0 Å². The molecule has 5 rings (SSSR count). The summed E-state index contributed by atoms with van der Waals surface area (Å²) in [5.41, 5.74) is 3.60. The lowest BCUT2D eigenvalue weighted by Crippen LogP contribution is -2.44. The number of fused-ring (bicyclic) bond motifs is 5. The molecule has 2 aromatic carbocycles. The van der Waals surface area contributed by atoms with Crippen molar-refractivity contribution in [3.05, 3.63) is 65.0 Å². The second-order valence-electron chi connectivity index (χ2n) is 9.48. The van der Waals surface area contributed by atoms with Gasteiger partial charge in [0.1, 0.15) is 18.2 Å². The lowest BCUT2D eigenvalue weighted by atomic mass is 9.55. The highest BCUT2D eigenvalue weighted by Crippen LogP contribution is 2.60. The minimum Gasteiger partial charge on any atom is -0.489 e. The van der Waals surface area contributed by atoms with Gasteiger partial charge < -0.3 is 14.9 Å². The molecular weight excluding hydrogens is 367 g/mol. The first-order valence-electron chi connectivity index (χ1n) is 10.8. The first-order chi connectivity index (χ1) is 14.0. The van der Waals surface area contributed by atoms with Crippen LogP contribution in [0.15, 0.2) is 42.5 Å². The average Bonchev–Trinajstić information content (AvgIpc) is 2.97. The van der Waals surface area contributed by atoms with Crippen LogP contribution in [0.5, 0.6) is 5.75 Å². The van der Waals surface area contributed by atoms with Gasteiger partial charge in [0.2, 0.25) is 0 Å². The maximum absolute atomic E-state index is 13.1. The standard InChI is InChI=1S/C25H29FO3/c1-25-11-10-20-19-9-7-18(29-14-15-2-5-17(26)6-3-15)12-16(19)4-8-21(20)22(25)13-23(27)24(25)28/h2-3,5-7,9,12,20-24,27-28H,4,8,10-11,13-14H2,1H3/t20-,21-,22+,23+,24-,25-/m0/s1. The first kappa shape index (κ1) is 19.1. The highest BCUT2D eigenvalue weighted by molar-refractivity contribution is 5.41. The number of benzene rings is 2. The van der Waals surface area contributed by atoms with Crippen LogP contribution in [-0.4, -0.2) is 22.4 Å². The molecule has 0 aromatic heterocycles. The molecule has 0 saturated heterocycles. The van der Waals surface area contributed by atoms with Gasteiger partial charge in [0.15, 0.2) is 0 Å². The SMILES string of the molecule is C[C@]12CC[C@H]3c4ccc(OCc5ccc(F)cc5)cc4CC[C@@H]3[C@H]1C[C@@H](O)[C@@H]2O. The van der Waals surface area contributed by atoms with Crippen molar-refractivity contribution in [1.29, 1.82) is 0 Å². The number of hydrogen-bond acceptors (Lipinski definition) is 3. The fraction of sp³-hybridized carbons (Fsp3) is 0.520. The van der Waals surface area contributed by atoms with Crippen molar-refractivity contribution in [1.82, 2.24) is 0 Å². The average molecular weight is 397 g/mol. The quantitative estimate of drug-likeness (QED) is 0.798. The Balaban J connectivity index is 1.33. The molecule has 2 aromatic rings. The summed E-state index contributed by atoms with van der Waals surface area (Å²) in [4.78, 5) is 0. The maximum Gasteiger partial charge on any atom is 0.123 e. The Morgan fingerprint density at radius 3 is 2.69 bits per heavy atom. The topological polar surface area (TPSA) is 49.7 Å². The molecule has 3 aliphatic carbocycles. The molecule has 2 N–H and O–H groups in total. The number of ether oxygens (including phenoxy) is 1. The Labute approximate surface area is 171 Å². The van der Waals surface area contributed by atoms with Gasteiger partial charge in [0, 0.05) is 0 Å². The molecule has 0 radical (unpaired) electrons. The third-order valence-electron chi connectivity index (χ3n) is 7.99. The predicted molar refractivity (Wildman–Crippen MR) is 109 cm³/mol. The summed E-state index contributed by atoms with van der Waals surface area (Å²) in [6.07, 6.45) is 3.74. The van der Waals surface area contributed by atoms with Crippen LogP contribution in [0.3, 0.4) is 0 Å². The van der Waals surface area contributed by atoms with Crippen molar-refractivity contribution in [2.24, 2.45) is 17.3 Å². The van der Waals surface area contributed by atoms with Gasteiger partial charge in [-0.05, 0) is 96.2 Å².